The van der Waals surface area contributed by atoms with Gasteiger partial charge in [0.05, 0.1) is 0 Å². The van der Waals surface area contributed by atoms with Crippen LogP contribution in [0.5, 0.6) is 5.75 Å². The zero-order valence-corrected chi connectivity index (χ0v) is 10.7. The van der Waals surface area contributed by atoms with Crippen LogP contribution < -0.4 is 0 Å². The van der Waals surface area contributed by atoms with Crippen molar-refractivity contribution in [3.8, 4) is 5.75 Å². The summed E-state index contributed by atoms with van der Waals surface area (Å²) in [5.74, 6) is -2.56. The molecule has 1 fully saturated rings. The van der Waals surface area contributed by atoms with Crippen LogP contribution in [-0.2, 0) is 10.8 Å². The topological polar surface area (TPSA) is 20.2 Å². The third-order valence-electron chi connectivity index (χ3n) is 3.64. The fourth-order valence-electron chi connectivity index (χ4n) is 2.08. The molecule has 0 spiro atoms. The lowest BCUT2D eigenvalue weighted by molar-refractivity contribution is 0.386. The lowest BCUT2D eigenvalue weighted by Gasteiger charge is -2.23. The monoisotopic (exact) mass is 240 g/mol. The predicted molar refractivity (Wildman–Crippen MR) is 63.3 cm³/mol. The van der Waals surface area contributed by atoms with E-state index in [0.29, 0.717) is 11.1 Å². The van der Waals surface area contributed by atoms with Gasteiger partial charge in [-0.1, -0.05) is 27.7 Å². The molecular weight excluding hydrogens is 222 g/mol. The lowest BCUT2D eigenvalue weighted by atomic mass is 9.83. The van der Waals surface area contributed by atoms with Crippen molar-refractivity contribution in [3.05, 3.63) is 28.8 Å². The average Bonchev–Trinajstić information content (AvgIpc) is 2.92. The summed E-state index contributed by atoms with van der Waals surface area (Å²) in [6.07, 6.45) is 1.82. The molecule has 1 aromatic rings. The van der Waals surface area contributed by atoms with Gasteiger partial charge in [-0.2, -0.15) is 4.39 Å². The first kappa shape index (κ1) is 12.3. The highest BCUT2D eigenvalue weighted by Crippen LogP contribution is 2.52. The van der Waals surface area contributed by atoms with Crippen molar-refractivity contribution in [1.29, 1.82) is 0 Å². The Bertz CT molecular complexity index is 439. The van der Waals surface area contributed by atoms with E-state index in [4.69, 9.17) is 0 Å². The number of phenolic OH excluding ortho intramolecular Hbond substituents is 1. The number of aromatic hydroxyl groups is 1. The van der Waals surface area contributed by atoms with Gasteiger partial charge in [-0.25, -0.2) is 4.39 Å². The lowest BCUT2D eigenvalue weighted by Crippen LogP contribution is -2.17. The Balaban J connectivity index is 2.67. The Kier molecular flexibility index (Phi) is 2.49. The summed E-state index contributed by atoms with van der Waals surface area (Å²) >= 11 is 0. The molecule has 3 heteroatoms. The van der Waals surface area contributed by atoms with Crippen LogP contribution in [0.15, 0.2) is 6.07 Å². The maximum absolute atomic E-state index is 13.8. The zero-order valence-electron chi connectivity index (χ0n) is 10.7. The molecule has 94 valence electrons. The van der Waals surface area contributed by atoms with Crippen molar-refractivity contribution in [3.63, 3.8) is 0 Å². The second-order valence-corrected chi connectivity index (χ2v) is 6.26. The van der Waals surface area contributed by atoms with Crippen molar-refractivity contribution in [2.45, 2.75) is 51.4 Å². The number of hydrogen-bond donors (Lipinski definition) is 1. The molecule has 0 radical (unpaired) electrons. The molecule has 1 aromatic carbocycles. The van der Waals surface area contributed by atoms with E-state index in [1.807, 2.05) is 27.7 Å². The molecule has 0 aromatic heterocycles. The standard InChI is InChI=1S/C14H18F2O/c1-13(2,3)8-7-9(14(4)5-6-14)12(17)11(16)10(8)15/h7,17H,5-6H2,1-4H3. The predicted octanol–water partition coefficient (Wildman–Crippen LogP) is 4.02. The van der Waals surface area contributed by atoms with E-state index >= 15 is 0 Å². The highest BCUT2D eigenvalue weighted by molar-refractivity contribution is 5.47. The molecule has 0 atom stereocenters. The maximum atomic E-state index is 13.8. The molecule has 1 N–H and O–H groups in total. The molecule has 0 saturated heterocycles. The van der Waals surface area contributed by atoms with Crippen LogP contribution in [0, 0.1) is 11.6 Å². The first-order valence-corrected chi connectivity index (χ1v) is 5.89. The van der Waals surface area contributed by atoms with Gasteiger partial charge in [-0.3, -0.25) is 0 Å². The van der Waals surface area contributed by atoms with Gasteiger partial charge in [-0.15, -0.1) is 0 Å². The number of phenols is 1. The van der Waals surface area contributed by atoms with Crippen molar-refractivity contribution in [1.82, 2.24) is 0 Å². The molecule has 17 heavy (non-hydrogen) atoms. The smallest absolute Gasteiger partial charge is 0.200 e. The van der Waals surface area contributed by atoms with Crippen LogP contribution in [-0.4, -0.2) is 5.11 Å². The van der Waals surface area contributed by atoms with Gasteiger partial charge >= 0.3 is 0 Å². The highest BCUT2D eigenvalue weighted by atomic mass is 19.2. The molecule has 1 aliphatic carbocycles. The quantitative estimate of drug-likeness (QED) is 0.786. The third kappa shape index (κ3) is 1.92. The Morgan fingerprint density at radius 1 is 1.18 bits per heavy atom. The minimum atomic E-state index is -1.11. The van der Waals surface area contributed by atoms with Crippen LogP contribution in [0.1, 0.15) is 51.7 Å². The molecule has 0 amide bonds. The molecule has 0 unspecified atom stereocenters. The van der Waals surface area contributed by atoms with E-state index in [2.05, 4.69) is 0 Å². The van der Waals surface area contributed by atoms with E-state index in [9.17, 15) is 13.9 Å². The molecule has 0 aliphatic heterocycles. The second-order valence-electron chi connectivity index (χ2n) is 6.26. The number of benzene rings is 1. The van der Waals surface area contributed by atoms with Crippen LogP contribution in [0.4, 0.5) is 8.78 Å². The summed E-state index contributed by atoms with van der Waals surface area (Å²) in [4.78, 5) is 0. The summed E-state index contributed by atoms with van der Waals surface area (Å²) in [5.41, 5.74) is 0.217. The van der Waals surface area contributed by atoms with E-state index in [0.717, 1.165) is 12.8 Å². The van der Waals surface area contributed by atoms with Crippen molar-refractivity contribution in [2.24, 2.45) is 0 Å². The SMILES string of the molecule is CC(C)(C)c1cc(C2(C)CC2)c(O)c(F)c1F. The number of halogens is 2. The van der Waals surface area contributed by atoms with Crippen LogP contribution >= 0.6 is 0 Å². The molecule has 2 rings (SSSR count). The zero-order chi connectivity index (χ0) is 13.0. The van der Waals surface area contributed by atoms with Gasteiger partial charge in [0, 0.05) is 5.56 Å². The Hall–Kier alpha value is -1.12. The van der Waals surface area contributed by atoms with Crippen LogP contribution in [0.3, 0.4) is 0 Å². The molecule has 0 heterocycles. The van der Waals surface area contributed by atoms with Gasteiger partial charge in [0.2, 0.25) is 5.82 Å². The molecule has 0 bridgehead atoms. The van der Waals surface area contributed by atoms with Gasteiger partial charge in [-0.05, 0) is 35.3 Å². The molecule has 1 nitrogen and oxygen atoms in total. The summed E-state index contributed by atoms with van der Waals surface area (Å²) in [5, 5.41) is 9.73. The second kappa shape index (κ2) is 3.44. The highest BCUT2D eigenvalue weighted by Gasteiger charge is 2.43. The Morgan fingerprint density at radius 3 is 2.12 bits per heavy atom. The van der Waals surface area contributed by atoms with Gasteiger partial charge < -0.3 is 5.11 Å². The Morgan fingerprint density at radius 2 is 1.71 bits per heavy atom. The van der Waals surface area contributed by atoms with E-state index in [1.54, 1.807) is 6.07 Å². The van der Waals surface area contributed by atoms with Gasteiger partial charge in [0.15, 0.2) is 11.6 Å². The van der Waals surface area contributed by atoms with E-state index in [1.165, 1.54) is 0 Å². The van der Waals surface area contributed by atoms with Crippen LogP contribution in [0.25, 0.3) is 0 Å². The third-order valence-corrected chi connectivity index (χ3v) is 3.64. The normalized spacial score (nSPS) is 18.2. The summed E-state index contributed by atoms with van der Waals surface area (Å²) in [7, 11) is 0. The maximum Gasteiger partial charge on any atom is 0.200 e. The minimum absolute atomic E-state index is 0.182. The first-order valence-electron chi connectivity index (χ1n) is 5.89. The average molecular weight is 240 g/mol. The van der Waals surface area contributed by atoms with Gasteiger partial charge in [0.25, 0.3) is 0 Å². The fraction of sp³-hybridized carbons (Fsp3) is 0.571. The van der Waals surface area contributed by atoms with E-state index in [-0.39, 0.29) is 5.41 Å². The molecule has 1 saturated carbocycles. The fourth-order valence-corrected chi connectivity index (χ4v) is 2.08. The Labute approximate surface area is 100 Å². The van der Waals surface area contributed by atoms with Crippen molar-refractivity contribution >= 4 is 0 Å². The molecular formula is C14H18F2O. The first-order chi connectivity index (χ1) is 7.67. The van der Waals surface area contributed by atoms with Crippen molar-refractivity contribution in [2.75, 3.05) is 0 Å². The van der Waals surface area contributed by atoms with Crippen molar-refractivity contribution < 1.29 is 13.9 Å². The van der Waals surface area contributed by atoms with Gasteiger partial charge in [0.1, 0.15) is 0 Å². The number of rotatable bonds is 1. The summed E-state index contributed by atoms with van der Waals surface area (Å²) < 4.78 is 27.5. The summed E-state index contributed by atoms with van der Waals surface area (Å²) in [6, 6.07) is 1.63. The number of hydrogen-bond acceptors (Lipinski definition) is 1. The van der Waals surface area contributed by atoms with Crippen LogP contribution in [0.2, 0.25) is 0 Å². The summed E-state index contributed by atoms with van der Waals surface area (Å²) in [6.45, 7) is 7.47. The minimum Gasteiger partial charge on any atom is -0.505 e. The largest absolute Gasteiger partial charge is 0.505 e. The van der Waals surface area contributed by atoms with E-state index < -0.39 is 22.8 Å². The molecule has 1 aliphatic rings.